The summed E-state index contributed by atoms with van der Waals surface area (Å²) in [6, 6.07) is 5.84. The number of ether oxygens (including phenoxy) is 2. The first-order valence-corrected chi connectivity index (χ1v) is 6.57. The highest BCUT2D eigenvalue weighted by molar-refractivity contribution is 5.94. The van der Waals surface area contributed by atoms with Gasteiger partial charge in [-0.2, -0.15) is 4.98 Å². The Balaban J connectivity index is 1.71. The summed E-state index contributed by atoms with van der Waals surface area (Å²) in [5.41, 5.74) is 0. The molecule has 106 valence electrons. The monoisotopic (exact) mass is 284 g/mol. The molecule has 7 heteroatoms. The van der Waals surface area contributed by atoms with E-state index in [1.165, 1.54) is 6.39 Å². The van der Waals surface area contributed by atoms with Crippen molar-refractivity contribution in [2.45, 2.75) is 6.54 Å². The minimum atomic E-state index is 0.442. The van der Waals surface area contributed by atoms with Gasteiger partial charge in [0.15, 0.2) is 17.3 Å². The maximum atomic E-state index is 5.62. The van der Waals surface area contributed by atoms with Crippen LogP contribution in [-0.2, 0) is 6.54 Å². The smallest absolute Gasteiger partial charge is 0.213 e. The molecule has 1 N–H and O–H groups in total. The van der Waals surface area contributed by atoms with Crippen LogP contribution in [0.1, 0.15) is 5.82 Å². The second kappa shape index (κ2) is 4.93. The minimum Gasteiger partial charge on any atom is -0.486 e. The standard InChI is InChI=1S/C14H12N4O3/c1-2-15-14(16-7-13-17-8-21-18-13)10-6-12-11(5-9(1)10)19-3-4-20-12/h1-2,5-6,8H,3-4,7H2,(H,15,16). The number of fused-ring (bicyclic) bond motifs is 2. The molecule has 0 unspecified atom stereocenters. The van der Waals surface area contributed by atoms with Crippen molar-refractivity contribution in [3.05, 3.63) is 36.6 Å². The molecule has 0 bridgehead atoms. The number of hydrogen-bond donors (Lipinski definition) is 1. The number of benzene rings is 1. The van der Waals surface area contributed by atoms with Gasteiger partial charge >= 0.3 is 0 Å². The molecule has 0 saturated carbocycles. The van der Waals surface area contributed by atoms with E-state index >= 15 is 0 Å². The zero-order valence-electron chi connectivity index (χ0n) is 11.1. The SMILES string of the molecule is c1cc2cc3c(cc2c(NCc2ncon2)n1)OCCO3. The van der Waals surface area contributed by atoms with Crippen LogP contribution in [0.3, 0.4) is 0 Å². The van der Waals surface area contributed by atoms with Crippen molar-refractivity contribution in [1.82, 2.24) is 15.1 Å². The summed E-state index contributed by atoms with van der Waals surface area (Å²) in [5.74, 6) is 2.83. The van der Waals surface area contributed by atoms with E-state index in [9.17, 15) is 0 Å². The van der Waals surface area contributed by atoms with Crippen LogP contribution < -0.4 is 14.8 Å². The normalized spacial score (nSPS) is 13.3. The summed E-state index contributed by atoms with van der Waals surface area (Å²) >= 11 is 0. The Labute approximate surface area is 119 Å². The Kier molecular flexibility index (Phi) is 2.81. The first-order valence-electron chi connectivity index (χ1n) is 6.57. The molecule has 0 fully saturated rings. The average molecular weight is 284 g/mol. The van der Waals surface area contributed by atoms with E-state index in [4.69, 9.17) is 14.0 Å². The number of nitrogens with one attached hydrogen (secondary N) is 1. The molecule has 3 heterocycles. The number of pyridine rings is 1. The highest BCUT2D eigenvalue weighted by atomic mass is 16.6. The quantitative estimate of drug-likeness (QED) is 0.787. The van der Waals surface area contributed by atoms with Gasteiger partial charge in [-0.15, -0.1) is 0 Å². The zero-order chi connectivity index (χ0) is 14.1. The van der Waals surface area contributed by atoms with Gasteiger partial charge in [0.05, 0.1) is 6.54 Å². The van der Waals surface area contributed by atoms with Crippen LogP contribution in [-0.4, -0.2) is 28.3 Å². The predicted octanol–water partition coefficient (Wildman–Crippen LogP) is 2.00. The molecule has 3 aromatic rings. The average Bonchev–Trinajstić information content (AvgIpc) is 3.04. The van der Waals surface area contributed by atoms with Crippen LogP contribution >= 0.6 is 0 Å². The summed E-state index contributed by atoms with van der Waals surface area (Å²) < 4.78 is 15.9. The largest absolute Gasteiger partial charge is 0.486 e. The predicted molar refractivity (Wildman–Crippen MR) is 74.4 cm³/mol. The van der Waals surface area contributed by atoms with E-state index in [2.05, 4.69) is 20.4 Å². The van der Waals surface area contributed by atoms with Crippen molar-refractivity contribution in [2.24, 2.45) is 0 Å². The van der Waals surface area contributed by atoms with Crippen molar-refractivity contribution in [1.29, 1.82) is 0 Å². The Hall–Kier alpha value is -2.83. The van der Waals surface area contributed by atoms with Crippen molar-refractivity contribution >= 4 is 16.6 Å². The summed E-state index contributed by atoms with van der Waals surface area (Å²) in [7, 11) is 0. The van der Waals surface area contributed by atoms with E-state index in [1.54, 1.807) is 6.20 Å². The molecule has 1 aliphatic heterocycles. The number of anilines is 1. The summed E-state index contributed by atoms with van der Waals surface area (Å²) in [5, 5.41) is 8.96. The van der Waals surface area contributed by atoms with Gasteiger partial charge in [0.1, 0.15) is 19.0 Å². The van der Waals surface area contributed by atoms with Crippen molar-refractivity contribution < 1.29 is 14.0 Å². The van der Waals surface area contributed by atoms with E-state index in [0.717, 1.165) is 28.1 Å². The Morgan fingerprint density at radius 1 is 1.10 bits per heavy atom. The van der Waals surface area contributed by atoms with Gasteiger partial charge in [-0.3, -0.25) is 0 Å². The summed E-state index contributed by atoms with van der Waals surface area (Å²) in [6.45, 7) is 1.58. The number of hydrogen-bond acceptors (Lipinski definition) is 7. The van der Waals surface area contributed by atoms with Gasteiger partial charge in [0.2, 0.25) is 6.39 Å². The molecule has 0 spiro atoms. The summed E-state index contributed by atoms with van der Waals surface area (Å²) in [4.78, 5) is 8.33. The maximum absolute atomic E-state index is 5.62. The first-order chi connectivity index (χ1) is 10.4. The molecule has 0 aliphatic carbocycles. The van der Waals surface area contributed by atoms with E-state index in [-0.39, 0.29) is 0 Å². The fraction of sp³-hybridized carbons (Fsp3) is 0.214. The van der Waals surface area contributed by atoms with Crippen molar-refractivity contribution in [3.63, 3.8) is 0 Å². The van der Waals surface area contributed by atoms with Crippen molar-refractivity contribution in [2.75, 3.05) is 18.5 Å². The molecule has 0 amide bonds. The van der Waals surface area contributed by atoms with Crippen LogP contribution in [0.5, 0.6) is 11.5 Å². The third-order valence-corrected chi connectivity index (χ3v) is 3.25. The van der Waals surface area contributed by atoms with Gasteiger partial charge in [-0.1, -0.05) is 5.16 Å². The lowest BCUT2D eigenvalue weighted by Gasteiger charge is -2.19. The lowest BCUT2D eigenvalue weighted by atomic mass is 10.1. The van der Waals surface area contributed by atoms with Gasteiger partial charge in [0, 0.05) is 11.6 Å². The third-order valence-electron chi connectivity index (χ3n) is 3.25. The number of rotatable bonds is 3. The lowest BCUT2D eigenvalue weighted by molar-refractivity contribution is 0.172. The number of nitrogens with zero attached hydrogens (tertiary/aromatic N) is 3. The Bertz CT molecular complexity index is 773. The molecule has 1 aromatic carbocycles. The van der Waals surface area contributed by atoms with Crippen LogP contribution in [0.2, 0.25) is 0 Å². The fourth-order valence-corrected chi connectivity index (χ4v) is 2.28. The zero-order valence-corrected chi connectivity index (χ0v) is 11.1. The highest BCUT2D eigenvalue weighted by Gasteiger charge is 2.14. The van der Waals surface area contributed by atoms with Crippen LogP contribution in [0.4, 0.5) is 5.82 Å². The molecule has 0 atom stereocenters. The molecule has 0 saturated heterocycles. The van der Waals surface area contributed by atoms with Gasteiger partial charge < -0.3 is 19.3 Å². The van der Waals surface area contributed by atoms with E-state index < -0.39 is 0 Å². The summed E-state index contributed by atoms with van der Waals surface area (Å²) in [6.07, 6.45) is 3.05. The van der Waals surface area contributed by atoms with Gasteiger partial charge in [-0.05, 0) is 23.6 Å². The molecular formula is C14H12N4O3. The Morgan fingerprint density at radius 2 is 1.95 bits per heavy atom. The van der Waals surface area contributed by atoms with E-state index in [1.807, 2.05) is 18.2 Å². The first kappa shape index (κ1) is 12.0. The molecule has 0 radical (unpaired) electrons. The molecule has 1 aliphatic rings. The van der Waals surface area contributed by atoms with Gasteiger partial charge in [-0.25, -0.2) is 4.98 Å². The Morgan fingerprint density at radius 3 is 2.76 bits per heavy atom. The molecule has 7 nitrogen and oxygen atoms in total. The topological polar surface area (TPSA) is 82.3 Å². The molecule has 2 aromatic heterocycles. The van der Waals surface area contributed by atoms with Gasteiger partial charge in [0.25, 0.3) is 0 Å². The highest BCUT2D eigenvalue weighted by Crippen LogP contribution is 2.36. The van der Waals surface area contributed by atoms with Crippen LogP contribution in [0.25, 0.3) is 10.8 Å². The lowest BCUT2D eigenvalue weighted by Crippen LogP contribution is -2.15. The van der Waals surface area contributed by atoms with Crippen molar-refractivity contribution in [3.8, 4) is 11.5 Å². The fourth-order valence-electron chi connectivity index (χ4n) is 2.28. The molecular weight excluding hydrogens is 272 g/mol. The number of aromatic nitrogens is 3. The minimum absolute atomic E-state index is 0.442. The maximum Gasteiger partial charge on any atom is 0.213 e. The second-order valence-corrected chi connectivity index (χ2v) is 4.58. The molecule has 4 rings (SSSR count). The van der Waals surface area contributed by atoms with E-state index in [0.29, 0.717) is 25.6 Å². The van der Waals surface area contributed by atoms with Crippen LogP contribution in [0.15, 0.2) is 35.3 Å². The van der Waals surface area contributed by atoms with Crippen LogP contribution in [0, 0.1) is 0 Å². The third kappa shape index (κ3) is 2.22. The second-order valence-electron chi connectivity index (χ2n) is 4.58. The molecule has 21 heavy (non-hydrogen) atoms.